The zero-order valence-electron chi connectivity index (χ0n) is 15.1. The molecule has 1 aromatic carbocycles. The van der Waals surface area contributed by atoms with E-state index in [1.165, 1.54) is 35.8 Å². The van der Waals surface area contributed by atoms with Crippen molar-refractivity contribution in [1.82, 2.24) is 29.0 Å². The summed E-state index contributed by atoms with van der Waals surface area (Å²) in [5, 5.41) is 9.32. The standard InChI is InChI=1S/C18H17FN6O2S/c1-10-15-21-22-16(17-20-14(23-28-17)13-6-9-27-13)25(15)8-7-24(10)18(26)11-2-4-12(19)5-3-11/h2-5,10,13H,6-9H2,1H3/t10-,13?/m1/s1. The molecule has 1 amide bonds. The molecule has 0 bridgehead atoms. The Labute approximate surface area is 164 Å². The summed E-state index contributed by atoms with van der Waals surface area (Å²) in [6, 6.07) is 5.33. The van der Waals surface area contributed by atoms with E-state index in [1.54, 1.807) is 4.90 Å². The van der Waals surface area contributed by atoms with Gasteiger partial charge in [0.2, 0.25) is 0 Å². The summed E-state index contributed by atoms with van der Waals surface area (Å²) in [4.78, 5) is 19.1. The minimum absolute atomic E-state index is 0.0171. The van der Waals surface area contributed by atoms with Crippen LogP contribution >= 0.6 is 11.5 Å². The minimum atomic E-state index is -0.364. The molecule has 2 aliphatic rings. The van der Waals surface area contributed by atoms with Crippen LogP contribution in [0.1, 0.15) is 47.5 Å². The largest absolute Gasteiger partial charge is 0.370 e. The van der Waals surface area contributed by atoms with Crippen LogP contribution in [0.3, 0.4) is 0 Å². The number of carbonyl (C=O) groups excluding carboxylic acids is 1. The number of nitrogens with zero attached hydrogens (tertiary/aromatic N) is 6. The first kappa shape index (κ1) is 17.4. The molecule has 2 aliphatic heterocycles. The number of halogens is 1. The van der Waals surface area contributed by atoms with Crippen LogP contribution in [-0.4, -0.2) is 48.1 Å². The van der Waals surface area contributed by atoms with Crippen molar-refractivity contribution < 1.29 is 13.9 Å². The SMILES string of the molecule is C[C@@H]1c2nnc(-c3nc(C4CCO4)ns3)n2CCN1C(=O)c1ccc(F)cc1. The molecule has 144 valence electrons. The average molecular weight is 400 g/mol. The van der Waals surface area contributed by atoms with Crippen molar-refractivity contribution in [1.29, 1.82) is 0 Å². The maximum Gasteiger partial charge on any atom is 0.254 e. The first-order valence-corrected chi connectivity index (χ1v) is 9.84. The fraction of sp³-hybridized carbons (Fsp3) is 0.389. The molecule has 10 heteroatoms. The zero-order valence-corrected chi connectivity index (χ0v) is 15.9. The molecule has 8 nitrogen and oxygen atoms in total. The molecule has 2 atom stereocenters. The molecule has 1 saturated heterocycles. The molecule has 5 rings (SSSR count). The Morgan fingerprint density at radius 1 is 1.25 bits per heavy atom. The number of hydrogen-bond acceptors (Lipinski definition) is 7. The second-order valence-corrected chi connectivity index (χ2v) is 7.57. The van der Waals surface area contributed by atoms with Gasteiger partial charge in [0, 0.05) is 25.1 Å². The van der Waals surface area contributed by atoms with Crippen molar-refractivity contribution in [2.24, 2.45) is 0 Å². The molecule has 0 aliphatic carbocycles. The van der Waals surface area contributed by atoms with Crippen LogP contribution in [0, 0.1) is 5.82 Å². The second-order valence-electron chi connectivity index (χ2n) is 6.82. The Morgan fingerprint density at radius 3 is 2.75 bits per heavy atom. The van der Waals surface area contributed by atoms with Crippen molar-refractivity contribution in [3.63, 3.8) is 0 Å². The normalized spacial score (nSPS) is 21.3. The Bertz CT molecular complexity index is 1030. The van der Waals surface area contributed by atoms with Gasteiger partial charge in [-0.25, -0.2) is 9.37 Å². The molecule has 0 radical (unpaired) electrons. The van der Waals surface area contributed by atoms with Gasteiger partial charge in [0.15, 0.2) is 22.5 Å². The molecular formula is C18H17FN6O2S. The van der Waals surface area contributed by atoms with E-state index in [1.807, 2.05) is 11.5 Å². The molecule has 3 aromatic rings. The number of aromatic nitrogens is 5. The van der Waals surface area contributed by atoms with E-state index in [4.69, 9.17) is 4.74 Å². The molecule has 1 fully saturated rings. The van der Waals surface area contributed by atoms with Gasteiger partial charge in [0.05, 0.1) is 12.6 Å². The highest BCUT2D eigenvalue weighted by Crippen LogP contribution is 2.33. The maximum atomic E-state index is 13.1. The lowest BCUT2D eigenvalue weighted by atomic mass is 10.1. The smallest absolute Gasteiger partial charge is 0.254 e. The van der Waals surface area contributed by atoms with Gasteiger partial charge in [0.1, 0.15) is 11.9 Å². The number of carbonyl (C=O) groups is 1. The van der Waals surface area contributed by atoms with Gasteiger partial charge < -0.3 is 14.2 Å². The Hall–Kier alpha value is -2.72. The highest BCUT2D eigenvalue weighted by atomic mass is 32.1. The van der Waals surface area contributed by atoms with Crippen molar-refractivity contribution >= 4 is 17.4 Å². The van der Waals surface area contributed by atoms with Crippen LogP contribution in [0.4, 0.5) is 4.39 Å². The summed E-state index contributed by atoms with van der Waals surface area (Å²) in [5.74, 6) is 1.55. The Kier molecular flexibility index (Phi) is 4.17. The second kappa shape index (κ2) is 6.71. The van der Waals surface area contributed by atoms with E-state index in [2.05, 4.69) is 19.6 Å². The summed E-state index contributed by atoms with van der Waals surface area (Å²) in [7, 11) is 0. The summed E-state index contributed by atoms with van der Waals surface area (Å²) in [6.45, 7) is 3.73. The van der Waals surface area contributed by atoms with Gasteiger partial charge in [-0.15, -0.1) is 10.2 Å². The van der Waals surface area contributed by atoms with Crippen LogP contribution in [-0.2, 0) is 11.3 Å². The fourth-order valence-electron chi connectivity index (χ4n) is 3.48. The molecule has 0 N–H and O–H groups in total. The van der Waals surface area contributed by atoms with Gasteiger partial charge >= 0.3 is 0 Å². The molecule has 0 spiro atoms. The van der Waals surface area contributed by atoms with E-state index in [0.717, 1.165) is 13.0 Å². The number of rotatable bonds is 3. The molecule has 0 saturated carbocycles. The van der Waals surface area contributed by atoms with Crippen molar-refractivity contribution in [3.8, 4) is 10.8 Å². The number of fused-ring (bicyclic) bond motifs is 1. The van der Waals surface area contributed by atoms with Crippen molar-refractivity contribution in [2.75, 3.05) is 13.2 Å². The third-order valence-electron chi connectivity index (χ3n) is 5.16. The Morgan fingerprint density at radius 2 is 2.04 bits per heavy atom. The first-order chi connectivity index (χ1) is 13.6. The highest BCUT2D eigenvalue weighted by Gasteiger charge is 2.33. The van der Waals surface area contributed by atoms with Gasteiger partial charge in [-0.05, 0) is 42.7 Å². The molecule has 2 aromatic heterocycles. The monoisotopic (exact) mass is 400 g/mol. The van der Waals surface area contributed by atoms with Crippen molar-refractivity contribution in [3.05, 3.63) is 47.3 Å². The molecular weight excluding hydrogens is 383 g/mol. The summed E-state index contributed by atoms with van der Waals surface area (Å²) >= 11 is 1.28. The lowest BCUT2D eigenvalue weighted by Crippen LogP contribution is -2.41. The van der Waals surface area contributed by atoms with Crippen LogP contribution in [0.2, 0.25) is 0 Å². The molecule has 4 heterocycles. The quantitative estimate of drug-likeness (QED) is 0.672. The van der Waals surface area contributed by atoms with Crippen LogP contribution in [0.25, 0.3) is 10.8 Å². The van der Waals surface area contributed by atoms with E-state index >= 15 is 0 Å². The van der Waals surface area contributed by atoms with E-state index in [-0.39, 0.29) is 23.9 Å². The summed E-state index contributed by atoms with van der Waals surface area (Å²) in [5.41, 5.74) is 0.454. The van der Waals surface area contributed by atoms with E-state index in [9.17, 15) is 9.18 Å². The minimum Gasteiger partial charge on any atom is -0.370 e. The van der Waals surface area contributed by atoms with Crippen LogP contribution < -0.4 is 0 Å². The van der Waals surface area contributed by atoms with Gasteiger partial charge in [-0.3, -0.25) is 4.79 Å². The number of hydrogen-bond donors (Lipinski definition) is 0. The summed E-state index contributed by atoms with van der Waals surface area (Å²) < 4.78 is 25.0. The Balaban J connectivity index is 1.40. The predicted molar refractivity (Wildman–Crippen MR) is 98.1 cm³/mol. The number of benzene rings is 1. The average Bonchev–Trinajstić information content (AvgIpc) is 3.28. The van der Waals surface area contributed by atoms with Gasteiger partial charge in [-0.2, -0.15) is 4.37 Å². The third-order valence-corrected chi connectivity index (χ3v) is 5.88. The summed E-state index contributed by atoms with van der Waals surface area (Å²) in [6.07, 6.45) is 0.919. The van der Waals surface area contributed by atoms with Crippen LogP contribution in [0.15, 0.2) is 24.3 Å². The molecule has 28 heavy (non-hydrogen) atoms. The van der Waals surface area contributed by atoms with Crippen molar-refractivity contribution in [2.45, 2.75) is 32.0 Å². The van der Waals surface area contributed by atoms with E-state index < -0.39 is 0 Å². The molecule has 1 unspecified atom stereocenters. The lowest BCUT2D eigenvalue weighted by molar-refractivity contribution is -0.0572. The van der Waals surface area contributed by atoms with Crippen LogP contribution in [0.5, 0.6) is 0 Å². The maximum absolute atomic E-state index is 13.1. The number of amides is 1. The van der Waals surface area contributed by atoms with Gasteiger partial charge in [0.25, 0.3) is 5.91 Å². The predicted octanol–water partition coefficient (Wildman–Crippen LogP) is 2.61. The number of ether oxygens (including phenoxy) is 1. The topological polar surface area (TPSA) is 86.0 Å². The van der Waals surface area contributed by atoms with E-state index in [0.29, 0.717) is 41.1 Å². The third kappa shape index (κ3) is 2.80. The lowest BCUT2D eigenvalue weighted by Gasteiger charge is -2.33. The van der Waals surface area contributed by atoms with Gasteiger partial charge in [-0.1, -0.05) is 0 Å². The fourth-order valence-corrected chi connectivity index (χ4v) is 4.18. The zero-order chi connectivity index (χ0) is 19.3. The highest BCUT2D eigenvalue weighted by molar-refractivity contribution is 7.09. The first-order valence-electron chi connectivity index (χ1n) is 9.07.